The molecule has 0 bridgehead atoms. The number of halogens is 1. The molecule has 0 radical (unpaired) electrons. The van der Waals surface area contributed by atoms with Crippen LogP contribution in [-0.2, 0) is 0 Å². The van der Waals surface area contributed by atoms with Crippen molar-refractivity contribution in [2.75, 3.05) is 0 Å². The van der Waals surface area contributed by atoms with Gasteiger partial charge in [-0.15, -0.1) is 11.3 Å². The molecule has 0 saturated carbocycles. The molecule has 1 aromatic carbocycles. The number of hydrogen-bond donors (Lipinski definition) is 1. The Labute approximate surface area is 98.5 Å². The van der Waals surface area contributed by atoms with Crippen molar-refractivity contribution < 1.29 is 9.90 Å². The van der Waals surface area contributed by atoms with Gasteiger partial charge in [-0.3, -0.25) is 0 Å². The molecule has 3 nitrogen and oxygen atoms in total. The van der Waals surface area contributed by atoms with Crippen LogP contribution in [0.3, 0.4) is 0 Å². The lowest BCUT2D eigenvalue weighted by Gasteiger charge is -1.92. The van der Waals surface area contributed by atoms with Crippen LogP contribution in [0.1, 0.15) is 9.67 Å². The average Bonchev–Trinajstić information content (AvgIpc) is 2.62. The minimum Gasteiger partial charge on any atom is -0.477 e. The zero-order valence-electron chi connectivity index (χ0n) is 7.48. The maximum Gasteiger partial charge on any atom is 0.348 e. The molecule has 1 heterocycles. The Hall–Kier alpha value is -1.20. The van der Waals surface area contributed by atoms with Gasteiger partial charge in [0.1, 0.15) is 14.5 Å². The van der Waals surface area contributed by atoms with Gasteiger partial charge >= 0.3 is 5.97 Å². The summed E-state index contributed by atoms with van der Waals surface area (Å²) >= 11 is 4.30. The minimum atomic E-state index is -0.957. The molecule has 0 aliphatic carbocycles. The van der Waals surface area contributed by atoms with Gasteiger partial charge in [0.2, 0.25) is 0 Å². The van der Waals surface area contributed by atoms with Crippen molar-refractivity contribution in [3.8, 4) is 10.6 Å². The summed E-state index contributed by atoms with van der Waals surface area (Å²) in [5.74, 6) is -0.957. The van der Waals surface area contributed by atoms with Crippen LogP contribution in [0.15, 0.2) is 34.9 Å². The van der Waals surface area contributed by atoms with Gasteiger partial charge in [0.05, 0.1) is 0 Å². The number of hydrogen-bond acceptors (Lipinski definition) is 3. The van der Waals surface area contributed by atoms with Gasteiger partial charge in [0, 0.05) is 5.56 Å². The van der Waals surface area contributed by atoms with Crippen molar-refractivity contribution in [1.29, 1.82) is 0 Å². The van der Waals surface area contributed by atoms with E-state index in [-0.39, 0.29) is 4.88 Å². The molecule has 2 rings (SSSR count). The number of carboxylic acid groups (broad SMARTS) is 1. The number of thiazole rings is 1. The second-order valence-electron chi connectivity index (χ2n) is 2.81. The van der Waals surface area contributed by atoms with Crippen molar-refractivity contribution >= 4 is 33.2 Å². The van der Waals surface area contributed by atoms with Crippen molar-refractivity contribution in [3.63, 3.8) is 0 Å². The third-order valence-corrected chi connectivity index (χ3v) is 3.73. The van der Waals surface area contributed by atoms with E-state index in [0.717, 1.165) is 16.9 Å². The number of aromatic carboxylic acids is 1. The lowest BCUT2D eigenvalue weighted by atomic mass is 10.2. The van der Waals surface area contributed by atoms with E-state index in [1.165, 1.54) is 0 Å². The topological polar surface area (TPSA) is 50.2 Å². The molecule has 0 amide bonds. The largest absolute Gasteiger partial charge is 0.477 e. The fraction of sp³-hybridized carbons (Fsp3) is 0. The summed E-state index contributed by atoms with van der Waals surface area (Å²) in [6, 6.07) is 9.49. The molecule has 0 atom stereocenters. The standard InChI is InChI=1S/C10H6BrNO2S/c11-8-7(10(13)14)15-9(12-8)6-4-2-1-3-5-6/h1-5H,(H,13,14). The highest BCUT2D eigenvalue weighted by atomic mass is 79.9. The summed E-state index contributed by atoms with van der Waals surface area (Å²) in [5.41, 5.74) is 0.927. The Bertz CT molecular complexity index is 495. The van der Waals surface area contributed by atoms with Gasteiger partial charge in [-0.2, -0.15) is 0 Å². The quantitative estimate of drug-likeness (QED) is 0.920. The molecule has 0 spiro atoms. The molecule has 0 fully saturated rings. The predicted molar refractivity (Wildman–Crippen MR) is 62.2 cm³/mol. The smallest absolute Gasteiger partial charge is 0.348 e. The van der Waals surface area contributed by atoms with Crippen LogP contribution in [0.4, 0.5) is 0 Å². The van der Waals surface area contributed by atoms with E-state index in [1.54, 1.807) is 0 Å². The Balaban J connectivity index is 2.48. The van der Waals surface area contributed by atoms with E-state index in [0.29, 0.717) is 9.61 Å². The van der Waals surface area contributed by atoms with E-state index in [4.69, 9.17) is 5.11 Å². The molecule has 0 saturated heterocycles. The van der Waals surface area contributed by atoms with Crippen LogP contribution in [0.5, 0.6) is 0 Å². The first kappa shape index (κ1) is 10.3. The normalized spacial score (nSPS) is 10.2. The van der Waals surface area contributed by atoms with Gasteiger partial charge in [-0.1, -0.05) is 30.3 Å². The number of rotatable bonds is 2. The Morgan fingerprint density at radius 3 is 2.53 bits per heavy atom. The first-order valence-corrected chi connectivity index (χ1v) is 5.74. The summed E-state index contributed by atoms with van der Waals surface area (Å²) in [7, 11) is 0. The van der Waals surface area contributed by atoms with E-state index in [9.17, 15) is 4.79 Å². The van der Waals surface area contributed by atoms with E-state index >= 15 is 0 Å². The van der Waals surface area contributed by atoms with Crippen LogP contribution in [-0.4, -0.2) is 16.1 Å². The Morgan fingerprint density at radius 2 is 2.00 bits per heavy atom. The SMILES string of the molecule is O=C(O)c1sc(-c2ccccc2)nc1Br. The summed E-state index contributed by atoms with van der Waals surface area (Å²) in [4.78, 5) is 15.2. The molecule has 76 valence electrons. The predicted octanol–water partition coefficient (Wildman–Crippen LogP) is 3.27. The molecule has 1 aromatic heterocycles. The number of carbonyl (C=O) groups is 1. The van der Waals surface area contributed by atoms with Gasteiger partial charge in [0.25, 0.3) is 0 Å². The monoisotopic (exact) mass is 283 g/mol. The number of nitrogens with zero attached hydrogens (tertiary/aromatic N) is 1. The zero-order chi connectivity index (χ0) is 10.8. The highest BCUT2D eigenvalue weighted by Gasteiger charge is 2.15. The average molecular weight is 284 g/mol. The first-order chi connectivity index (χ1) is 7.18. The van der Waals surface area contributed by atoms with Crippen LogP contribution < -0.4 is 0 Å². The maximum absolute atomic E-state index is 10.8. The van der Waals surface area contributed by atoms with Crippen molar-refractivity contribution in [2.45, 2.75) is 0 Å². The molecule has 2 aromatic rings. The second-order valence-corrected chi connectivity index (χ2v) is 4.56. The van der Waals surface area contributed by atoms with E-state index < -0.39 is 5.97 Å². The number of aromatic nitrogens is 1. The highest BCUT2D eigenvalue weighted by molar-refractivity contribution is 9.10. The molecule has 0 aliphatic rings. The number of benzene rings is 1. The molecule has 0 aliphatic heterocycles. The molecular formula is C10H6BrNO2S. The third-order valence-electron chi connectivity index (χ3n) is 1.80. The van der Waals surface area contributed by atoms with Crippen molar-refractivity contribution in [3.05, 3.63) is 39.8 Å². The third kappa shape index (κ3) is 2.08. The summed E-state index contributed by atoms with van der Waals surface area (Å²) < 4.78 is 0.388. The Morgan fingerprint density at radius 1 is 1.33 bits per heavy atom. The van der Waals surface area contributed by atoms with Crippen molar-refractivity contribution in [2.24, 2.45) is 0 Å². The van der Waals surface area contributed by atoms with Crippen LogP contribution in [0.25, 0.3) is 10.6 Å². The fourth-order valence-corrected chi connectivity index (χ4v) is 2.65. The van der Waals surface area contributed by atoms with Gasteiger partial charge in [0.15, 0.2) is 0 Å². The summed E-state index contributed by atoms with van der Waals surface area (Å²) in [6.07, 6.45) is 0. The zero-order valence-corrected chi connectivity index (χ0v) is 9.88. The van der Waals surface area contributed by atoms with Gasteiger partial charge in [-0.05, 0) is 15.9 Å². The molecular weight excluding hydrogens is 278 g/mol. The van der Waals surface area contributed by atoms with Crippen molar-refractivity contribution in [1.82, 2.24) is 4.98 Å². The lowest BCUT2D eigenvalue weighted by molar-refractivity contribution is 0.0701. The first-order valence-electron chi connectivity index (χ1n) is 4.13. The molecule has 5 heteroatoms. The van der Waals surface area contributed by atoms with Gasteiger partial charge < -0.3 is 5.11 Å². The molecule has 15 heavy (non-hydrogen) atoms. The Kier molecular flexibility index (Phi) is 2.83. The lowest BCUT2D eigenvalue weighted by Crippen LogP contribution is -1.91. The highest BCUT2D eigenvalue weighted by Crippen LogP contribution is 2.30. The minimum absolute atomic E-state index is 0.230. The molecule has 1 N–H and O–H groups in total. The number of carboxylic acids is 1. The summed E-state index contributed by atoms with van der Waals surface area (Å²) in [5, 5.41) is 9.57. The maximum atomic E-state index is 10.8. The van der Waals surface area contributed by atoms with E-state index in [1.807, 2.05) is 30.3 Å². The van der Waals surface area contributed by atoms with Crippen LogP contribution in [0, 0.1) is 0 Å². The van der Waals surface area contributed by atoms with E-state index in [2.05, 4.69) is 20.9 Å². The van der Waals surface area contributed by atoms with Gasteiger partial charge in [-0.25, -0.2) is 9.78 Å². The molecule has 0 unspecified atom stereocenters. The van der Waals surface area contributed by atoms with Crippen LogP contribution in [0.2, 0.25) is 0 Å². The van der Waals surface area contributed by atoms with Crippen LogP contribution >= 0.6 is 27.3 Å². The summed E-state index contributed by atoms with van der Waals surface area (Å²) in [6.45, 7) is 0. The second kappa shape index (κ2) is 4.12. The fourth-order valence-electron chi connectivity index (χ4n) is 1.14.